The molecule has 1 aliphatic rings. The summed E-state index contributed by atoms with van der Waals surface area (Å²) >= 11 is 3.47. The molecule has 0 amide bonds. The Morgan fingerprint density at radius 3 is 2.71 bits per heavy atom. The van der Waals surface area contributed by atoms with Crippen LogP contribution in [0.4, 0.5) is 0 Å². The van der Waals surface area contributed by atoms with E-state index in [1.165, 1.54) is 5.56 Å². The number of rotatable bonds is 5. The number of hydrogen-bond donors (Lipinski definition) is 3. The van der Waals surface area contributed by atoms with E-state index in [2.05, 4.69) is 45.5 Å². The van der Waals surface area contributed by atoms with Crippen LogP contribution in [-0.4, -0.2) is 18.3 Å². The van der Waals surface area contributed by atoms with Gasteiger partial charge in [-0.3, -0.25) is 5.43 Å². The van der Waals surface area contributed by atoms with Crippen LogP contribution >= 0.6 is 15.9 Å². The maximum absolute atomic E-state index is 10.4. The molecule has 2 aromatic rings. The van der Waals surface area contributed by atoms with Gasteiger partial charge in [0.15, 0.2) is 0 Å². The van der Waals surface area contributed by atoms with Gasteiger partial charge in [-0.05, 0) is 36.3 Å². The highest BCUT2D eigenvalue weighted by Gasteiger charge is 2.31. The van der Waals surface area contributed by atoms with Crippen molar-refractivity contribution in [3.05, 3.63) is 70.2 Å². The summed E-state index contributed by atoms with van der Waals surface area (Å²) in [5, 5.41) is 10.4. The lowest BCUT2D eigenvalue weighted by molar-refractivity contribution is 0.348. The molecule has 0 radical (unpaired) electrons. The first kappa shape index (κ1) is 17.0. The number of halogens is 1. The van der Waals surface area contributed by atoms with E-state index >= 15 is 0 Å². The molecule has 4 nitrogen and oxygen atoms in total. The van der Waals surface area contributed by atoms with Gasteiger partial charge in [0, 0.05) is 28.6 Å². The van der Waals surface area contributed by atoms with Crippen molar-refractivity contribution in [2.24, 2.45) is 0 Å². The molecule has 1 fully saturated rings. The normalized spacial score (nSPS) is 20.1. The first-order valence-corrected chi connectivity index (χ1v) is 8.68. The lowest BCUT2D eigenvalue weighted by atomic mass is 9.88. The Balaban J connectivity index is 1.82. The van der Waals surface area contributed by atoms with Crippen LogP contribution in [0.1, 0.15) is 30.0 Å². The van der Waals surface area contributed by atoms with Crippen molar-refractivity contribution >= 4 is 15.9 Å². The van der Waals surface area contributed by atoms with E-state index in [0.29, 0.717) is 12.4 Å². The first-order valence-electron chi connectivity index (χ1n) is 7.88. The minimum Gasteiger partial charge on any atom is -0.507 e. The molecule has 3 rings (SSSR count). The molecule has 1 saturated heterocycles. The summed E-state index contributed by atoms with van der Waals surface area (Å²) in [4.78, 5) is 0. The number of benzene rings is 2. The first-order chi connectivity index (χ1) is 11.5. The standard InChI is InChI=1S/C19H21BrN2O2/c1-12(2)11-24-15-7-8-16(18(23)9-15)19-17(10-21-22-19)13-3-5-14(20)6-4-13/h3-9,17,19,21-23H,1,10-11H2,2H3. The van der Waals surface area contributed by atoms with E-state index in [9.17, 15) is 5.11 Å². The van der Waals surface area contributed by atoms with E-state index in [1.54, 1.807) is 6.07 Å². The molecule has 5 heteroatoms. The molecular weight excluding hydrogens is 368 g/mol. The van der Waals surface area contributed by atoms with Gasteiger partial charge in [-0.2, -0.15) is 0 Å². The van der Waals surface area contributed by atoms with E-state index in [0.717, 1.165) is 22.2 Å². The maximum atomic E-state index is 10.4. The summed E-state index contributed by atoms with van der Waals surface area (Å²) in [5.74, 6) is 1.12. The third kappa shape index (κ3) is 3.80. The minimum atomic E-state index is 0.00126. The molecule has 0 aromatic heterocycles. The van der Waals surface area contributed by atoms with Crippen molar-refractivity contribution < 1.29 is 9.84 Å². The monoisotopic (exact) mass is 388 g/mol. The molecule has 0 bridgehead atoms. The summed E-state index contributed by atoms with van der Waals surface area (Å²) in [5.41, 5.74) is 9.49. The highest BCUT2D eigenvalue weighted by Crippen LogP contribution is 2.38. The molecule has 0 saturated carbocycles. The van der Waals surface area contributed by atoms with Crippen molar-refractivity contribution in [1.82, 2.24) is 10.9 Å². The van der Waals surface area contributed by atoms with Crippen molar-refractivity contribution in [2.75, 3.05) is 13.2 Å². The zero-order valence-electron chi connectivity index (χ0n) is 13.6. The number of phenolic OH excluding ortho intramolecular Hbond substituents is 1. The predicted molar refractivity (Wildman–Crippen MR) is 99.2 cm³/mol. The van der Waals surface area contributed by atoms with Crippen molar-refractivity contribution in [2.45, 2.75) is 18.9 Å². The average Bonchev–Trinajstić information content (AvgIpc) is 3.03. The van der Waals surface area contributed by atoms with Gasteiger partial charge in [-0.25, -0.2) is 5.43 Å². The smallest absolute Gasteiger partial charge is 0.124 e. The zero-order chi connectivity index (χ0) is 17.1. The van der Waals surface area contributed by atoms with Crippen LogP contribution in [-0.2, 0) is 0 Å². The Labute approximate surface area is 150 Å². The predicted octanol–water partition coefficient (Wildman–Crippen LogP) is 4.04. The molecule has 1 aliphatic heterocycles. The molecule has 3 N–H and O–H groups in total. The summed E-state index contributed by atoms with van der Waals surface area (Å²) in [6, 6.07) is 13.8. The van der Waals surface area contributed by atoms with Crippen LogP contribution < -0.4 is 15.6 Å². The highest BCUT2D eigenvalue weighted by atomic mass is 79.9. The fraction of sp³-hybridized carbons (Fsp3) is 0.263. The number of hydrazine groups is 1. The van der Waals surface area contributed by atoms with E-state index in [1.807, 2.05) is 31.2 Å². The summed E-state index contributed by atoms with van der Waals surface area (Å²) < 4.78 is 6.65. The lowest BCUT2D eigenvalue weighted by Gasteiger charge is -2.21. The Bertz CT molecular complexity index is 731. The number of aromatic hydroxyl groups is 1. The summed E-state index contributed by atoms with van der Waals surface area (Å²) in [6.07, 6.45) is 0. The Hall–Kier alpha value is -1.82. The van der Waals surface area contributed by atoms with Gasteiger partial charge in [0.05, 0.1) is 6.04 Å². The fourth-order valence-corrected chi connectivity index (χ4v) is 3.16. The SMILES string of the molecule is C=C(C)COc1ccc(C2NNCC2c2ccc(Br)cc2)c(O)c1. The van der Waals surface area contributed by atoms with Crippen LogP contribution in [0.5, 0.6) is 11.5 Å². The van der Waals surface area contributed by atoms with Gasteiger partial charge >= 0.3 is 0 Å². The molecule has 2 unspecified atom stereocenters. The Morgan fingerprint density at radius 1 is 1.29 bits per heavy atom. The van der Waals surface area contributed by atoms with Crippen LogP contribution in [0.15, 0.2) is 59.1 Å². The molecule has 126 valence electrons. The van der Waals surface area contributed by atoms with Gasteiger partial charge in [-0.15, -0.1) is 0 Å². The quantitative estimate of drug-likeness (QED) is 0.676. The van der Waals surface area contributed by atoms with Crippen molar-refractivity contribution in [1.29, 1.82) is 0 Å². The van der Waals surface area contributed by atoms with Crippen LogP contribution in [0.25, 0.3) is 0 Å². The summed E-state index contributed by atoms with van der Waals surface area (Å²) in [6.45, 7) is 6.97. The number of phenols is 1. The molecule has 0 spiro atoms. The third-order valence-electron chi connectivity index (χ3n) is 4.10. The average molecular weight is 389 g/mol. The molecule has 2 aromatic carbocycles. The van der Waals surface area contributed by atoms with Gasteiger partial charge in [-0.1, -0.05) is 40.7 Å². The second kappa shape index (κ2) is 7.38. The second-order valence-electron chi connectivity index (χ2n) is 6.13. The molecule has 2 atom stereocenters. The van der Waals surface area contributed by atoms with E-state index in [-0.39, 0.29) is 17.7 Å². The number of nitrogens with one attached hydrogen (secondary N) is 2. The summed E-state index contributed by atoms with van der Waals surface area (Å²) in [7, 11) is 0. The molecular formula is C19H21BrN2O2. The van der Waals surface area contributed by atoms with E-state index in [4.69, 9.17) is 4.74 Å². The largest absolute Gasteiger partial charge is 0.507 e. The van der Waals surface area contributed by atoms with Gasteiger partial charge in [0.2, 0.25) is 0 Å². The Kier molecular flexibility index (Phi) is 5.23. The fourth-order valence-electron chi connectivity index (χ4n) is 2.89. The van der Waals surface area contributed by atoms with Crippen molar-refractivity contribution in [3.8, 4) is 11.5 Å². The van der Waals surface area contributed by atoms with Crippen LogP contribution in [0.2, 0.25) is 0 Å². The Morgan fingerprint density at radius 2 is 2.04 bits per heavy atom. The second-order valence-corrected chi connectivity index (χ2v) is 7.04. The van der Waals surface area contributed by atoms with Crippen LogP contribution in [0.3, 0.4) is 0 Å². The van der Waals surface area contributed by atoms with Crippen LogP contribution in [0, 0.1) is 0 Å². The lowest BCUT2D eigenvalue weighted by Crippen LogP contribution is -2.25. The topological polar surface area (TPSA) is 53.5 Å². The minimum absolute atomic E-state index is 0.00126. The number of hydrogen-bond acceptors (Lipinski definition) is 4. The van der Waals surface area contributed by atoms with Gasteiger partial charge < -0.3 is 9.84 Å². The molecule has 0 aliphatic carbocycles. The third-order valence-corrected chi connectivity index (χ3v) is 4.63. The number of ether oxygens (including phenoxy) is 1. The maximum Gasteiger partial charge on any atom is 0.124 e. The molecule has 24 heavy (non-hydrogen) atoms. The van der Waals surface area contributed by atoms with Gasteiger partial charge in [0.1, 0.15) is 18.1 Å². The highest BCUT2D eigenvalue weighted by molar-refractivity contribution is 9.10. The van der Waals surface area contributed by atoms with Gasteiger partial charge in [0.25, 0.3) is 0 Å². The zero-order valence-corrected chi connectivity index (χ0v) is 15.1. The van der Waals surface area contributed by atoms with E-state index < -0.39 is 0 Å². The molecule has 1 heterocycles. The van der Waals surface area contributed by atoms with Crippen molar-refractivity contribution in [3.63, 3.8) is 0 Å².